The molecule has 2 aliphatic rings. The maximum Gasteiger partial charge on any atom is 0.229 e. The normalized spacial score (nSPS) is 27.3. The monoisotopic (exact) mass is 314 g/mol. The molecule has 2 heterocycles. The van der Waals surface area contributed by atoms with E-state index in [1.165, 1.54) is 12.8 Å². The molecule has 0 aromatic carbocycles. The quantitative estimate of drug-likeness (QED) is 0.882. The first-order valence-electron chi connectivity index (χ1n) is 8.37. The lowest BCUT2D eigenvalue weighted by Crippen LogP contribution is -2.21. The fourth-order valence-corrected chi connectivity index (χ4v) is 3.35. The highest BCUT2D eigenvalue weighted by Gasteiger charge is 2.38. The van der Waals surface area contributed by atoms with E-state index in [0.29, 0.717) is 18.2 Å². The Morgan fingerprint density at radius 3 is 2.96 bits per heavy atom. The van der Waals surface area contributed by atoms with Crippen LogP contribution >= 0.6 is 0 Å². The van der Waals surface area contributed by atoms with Crippen molar-refractivity contribution in [2.24, 2.45) is 5.92 Å². The van der Waals surface area contributed by atoms with Gasteiger partial charge in [-0.05, 0) is 44.7 Å². The smallest absolute Gasteiger partial charge is 0.229 e. The van der Waals surface area contributed by atoms with Crippen LogP contribution in [-0.2, 0) is 0 Å². The molecule has 2 aromatic heterocycles. The van der Waals surface area contributed by atoms with Gasteiger partial charge >= 0.3 is 0 Å². The first kappa shape index (κ1) is 14.6. The first-order chi connectivity index (χ1) is 11.2. The molecule has 0 aliphatic heterocycles. The second-order valence-corrected chi connectivity index (χ2v) is 6.83. The molecule has 0 amide bonds. The van der Waals surface area contributed by atoms with Crippen LogP contribution in [0, 0.1) is 12.8 Å². The van der Waals surface area contributed by atoms with Crippen molar-refractivity contribution in [2.75, 3.05) is 11.9 Å². The standard InChI is InChI=1S/C17H22N4O2/c1-10-6-14(4-5-18-10)19-9-13-7-12(8-15(13)22)17-20-16(21-23-17)11-2-3-11/h4-6,11-13,15,22H,2-3,7-9H2,1H3,(H,18,19)/t12-,13+,15+/m0/s1. The van der Waals surface area contributed by atoms with E-state index >= 15 is 0 Å². The fraction of sp³-hybridized carbons (Fsp3) is 0.588. The molecule has 2 fully saturated rings. The molecule has 4 rings (SSSR count). The van der Waals surface area contributed by atoms with Gasteiger partial charge in [-0.15, -0.1) is 0 Å². The minimum Gasteiger partial charge on any atom is -0.393 e. The zero-order valence-electron chi connectivity index (χ0n) is 13.3. The summed E-state index contributed by atoms with van der Waals surface area (Å²) in [5.41, 5.74) is 2.03. The topological polar surface area (TPSA) is 84.1 Å². The van der Waals surface area contributed by atoms with Crippen molar-refractivity contribution in [3.8, 4) is 0 Å². The minimum atomic E-state index is -0.327. The Morgan fingerprint density at radius 1 is 1.30 bits per heavy atom. The van der Waals surface area contributed by atoms with Gasteiger partial charge in [0.25, 0.3) is 0 Å². The number of rotatable bonds is 5. The van der Waals surface area contributed by atoms with Crippen molar-refractivity contribution in [3.05, 3.63) is 35.7 Å². The number of anilines is 1. The molecule has 6 heteroatoms. The molecule has 6 nitrogen and oxygen atoms in total. The van der Waals surface area contributed by atoms with E-state index in [9.17, 15) is 5.11 Å². The summed E-state index contributed by atoms with van der Waals surface area (Å²) in [7, 11) is 0. The van der Waals surface area contributed by atoms with E-state index in [1.807, 2.05) is 19.1 Å². The van der Waals surface area contributed by atoms with Crippen LogP contribution in [0.15, 0.2) is 22.9 Å². The molecular weight excluding hydrogens is 292 g/mol. The van der Waals surface area contributed by atoms with Gasteiger partial charge in [0, 0.05) is 41.9 Å². The number of aromatic nitrogens is 3. The molecule has 0 saturated heterocycles. The highest BCUT2D eigenvalue weighted by atomic mass is 16.5. The van der Waals surface area contributed by atoms with Crippen LogP contribution < -0.4 is 5.32 Å². The average molecular weight is 314 g/mol. The highest BCUT2D eigenvalue weighted by molar-refractivity contribution is 5.43. The van der Waals surface area contributed by atoms with Crippen molar-refractivity contribution in [1.82, 2.24) is 15.1 Å². The van der Waals surface area contributed by atoms with Gasteiger partial charge in [0.2, 0.25) is 5.89 Å². The number of hydrogen-bond donors (Lipinski definition) is 2. The Morgan fingerprint density at radius 2 is 2.17 bits per heavy atom. The lowest BCUT2D eigenvalue weighted by molar-refractivity contribution is 0.137. The van der Waals surface area contributed by atoms with E-state index < -0.39 is 0 Å². The van der Waals surface area contributed by atoms with E-state index in [0.717, 1.165) is 30.2 Å². The van der Waals surface area contributed by atoms with Crippen LogP contribution in [0.2, 0.25) is 0 Å². The number of hydrogen-bond acceptors (Lipinski definition) is 6. The second kappa shape index (κ2) is 5.92. The first-order valence-corrected chi connectivity index (χ1v) is 8.37. The van der Waals surface area contributed by atoms with Gasteiger partial charge in [0.15, 0.2) is 5.82 Å². The van der Waals surface area contributed by atoms with E-state index in [1.54, 1.807) is 6.20 Å². The third-order valence-electron chi connectivity index (χ3n) is 4.87. The second-order valence-electron chi connectivity index (χ2n) is 6.83. The molecular formula is C17H22N4O2. The van der Waals surface area contributed by atoms with Gasteiger partial charge in [-0.25, -0.2) is 0 Å². The Labute approximate surface area is 135 Å². The summed E-state index contributed by atoms with van der Waals surface area (Å²) in [5.74, 6) is 2.43. The molecule has 0 spiro atoms. The highest BCUT2D eigenvalue weighted by Crippen LogP contribution is 2.41. The van der Waals surface area contributed by atoms with Crippen LogP contribution in [0.25, 0.3) is 0 Å². The molecule has 3 atom stereocenters. The molecule has 2 aromatic rings. The molecule has 0 radical (unpaired) electrons. The van der Waals surface area contributed by atoms with Crippen molar-refractivity contribution < 1.29 is 9.63 Å². The van der Waals surface area contributed by atoms with Crippen molar-refractivity contribution in [1.29, 1.82) is 0 Å². The summed E-state index contributed by atoms with van der Waals surface area (Å²) in [4.78, 5) is 8.73. The summed E-state index contributed by atoms with van der Waals surface area (Å²) in [6.45, 7) is 2.71. The zero-order valence-corrected chi connectivity index (χ0v) is 13.3. The predicted molar refractivity (Wildman–Crippen MR) is 85.2 cm³/mol. The Balaban J connectivity index is 1.36. The third kappa shape index (κ3) is 3.22. The molecule has 23 heavy (non-hydrogen) atoms. The summed E-state index contributed by atoms with van der Waals surface area (Å²) >= 11 is 0. The van der Waals surface area contributed by atoms with E-state index in [-0.39, 0.29) is 17.9 Å². The van der Waals surface area contributed by atoms with E-state index in [4.69, 9.17) is 4.52 Å². The van der Waals surface area contributed by atoms with Crippen LogP contribution in [0.3, 0.4) is 0 Å². The molecule has 0 unspecified atom stereocenters. The van der Waals surface area contributed by atoms with Gasteiger partial charge in [0.05, 0.1) is 6.10 Å². The largest absolute Gasteiger partial charge is 0.393 e. The van der Waals surface area contributed by atoms with Crippen molar-refractivity contribution in [2.45, 2.75) is 50.5 Å². The fourth-order valence-electron chi connectivity index (χ4n) is 3.35. The van der Waals surface area contributed by atoms with Gasteiger partial charge in [-0.1, -0.05) is 5.16 Å². The van der Waals surface area contributed by atoms with Gasteiger partial charge in [-0.2, -0.15) is 4.98 Å². The Kier molecular flexibility index (Phi) is 3.77. The maximum atomic E-state index is 10.3. The third-order valence-corrected chi connectivity index (χ3v) is 4.87. The molecule has 2 saturated carbocycles. The average Bonchev–Trinajstić information content (AvgIpc) is 3.15. The lowest BCUT2D eigenvalue weighted by Gasteiger charge is -2.15. The van der Waals surface area contributed by atoms with Crippen LogP contribution in [0.5, 0.6) is 0 Å². The number of aryl methyl sites for hydroxylation is 1. The molecule has 2 aliphatic carbocycles. The zero-order chi connectivity index (χ0) is 15.8. The molecule has 2 N–H and O–H groups in total. The summed E-state index contributed by atoms with van der Waals surface area (Å²) in [6.07, 6.45) is 5.39. The Bertz CT molecular complexity index is 683. The number of aliphatic hydroxyl groups excluding tert-OH is 1. The number of nitrogens with zero attached hydrogens (tertiary/aromatic N) is 3. The Hall–Kier alpha value is -1.95. The van der Waals surface area contributed by atoms with Crippen LogP contribution in [0.1, 0.15) is 54.9 Å². The number of pyridine rings is 1. The van der Waals surface area contributed by atoms with Crippen molar-refractivity contribution >= 4 is 5.69 Å². The van der Waals surface area contributed by atoms with Crippen LogP contribution in [0.4, 0.5) is 5.69 Å². The molecule has 122 valence electrons. The minimum absolute atomic E-state index is 0.177. The van der Waals surface area contributed by atoms with Gasteiger partial charge < -0.3 is 14.9 Å². The van der Waals surface area contributed by atoms with Gasteiger partial charge in [0.1, 0.15) is 0 Å². The van der Waals surface area contributed by atoms with Crippen molar-refractivity contribution in [3.63, 3.8) is 0 Å². The lowest BCUT2D eigenvalue weighted by atomic mass is 10.0. The SMILES string of the molecule is Cc1cc(NC[C@H]2C[C@H](c3nc(C4CC4)no3)C[C@H]2O)ccn1. The summed E-state index contributed by atoms with van der Waals surface area (Å²) in [6, 6.07) is 3.96. The van der Waals surface area contributed by atoms with Gasteiger partial charge in [-0.3, -0.25) is 4.98 Å². The summed E-state index contributed by atoms with van der Waals surface area (Å²) < 4.78 is 5.42. The maximum absolute atomic E-state index is 10.3. The molecule has 0 bridgehead atoms. The van der Waals surface area contributed by atoms with E-state index in [2.05, 4.69) is 20.4 Å². The number of nitrogens with one attached hydrogen (secondary N) is 1. The predicted octanol–water partition coefficient (Wildman–Crippen LogP) is 2.62. The van der Waals surface area contributed by atoms with Crippen LogP contribution in [-0.4, -0.2) is 32.9 Å². The summed E-state index contributed by atoms with van der Waals surface area (Å²) in [5, 5.41) is 17.8. The number of aliphatic hydroxyl groups is 1.